The summed E-state index contributed by atoms with van der Waals surface area (Å²) in [5, 5.41) is 28.1. The van der Waals surface area contributed by atoms with Crippen LogP contribution >= 0.6 is 12.2 Å². The van der Waals surface area contributed by atoms with Gasteiger partial charge < -0.3 is 10.0 Å². The lowest BCUT2D eigenvalue weighted by atomic mass is 9.74. The Morgan fingerprint density at radius 2 is 2.00 bits per heavy atom. The number of nitrogens with zero attached hydrogens (tertiary/aromatic N) is 5. The highest BCUT2D eigenvalue weighted by Gasteiger charge is 2.59. The third kappa shape index (κ3) is 2.79. The van der Waals surface area contributed by atoms with Crippen LogP contribution in [0.3, 0.4) is 0 Å². The Hall–Kier alpha value is -3.23. The van der Waals surface area contributed by atoms with Gasteiger partial charge >= 0.3 is 6.18 Å². The van der Waals surface area contributed by atoms with Gasteiger partial charge in [0.2, 0.25) is 0 Å². The number of fused-ring (bicyclic) bond motifs is 1. The summed E-state index contributed by atoms with van der Waals surface area (Å²) in [7, 11) is 0. The fourth-order valence-corrected chi connectivity index (χ4v) is 4.85. The summed E-state index contributed by atoms with van der Waals surface area (Å²) < 4.78 is 40.4. The van der Waals surface area contributed by atoms with E-state index in [0.717, 1.165) is 35.3 Å². The lowest BCUT2D eigenvalue weighted by Crippen LogP contribution is -2.57. The molecule has 7 nitrogen and oxygen atoms in total. The summed E-state index contributed by atoms with van der Waals surface area (Å²) in [6, 6.07) is 7.83. The third-order valence-corrected chi connectivity index (χ3v) is 6.41. The van der Waals surface area contributed by atoms with Gasteiger partial charge in [0.05, 0.1) is 34.7 Å². The monoisotopic (exact) mass is 444 g/mol. The minimum absolute atomic E-state index is 0.0120. The molecule has 2 aliphatic rings. The molecule has 1 spiro atoms. The third-order valence-electron chi connectivity index (χ3n) is 6.03. The van der Waals surface area contributed by atoms with Gasteiger partial charge in [-0.2, -0.15) is 23.5 Å². The number of hydrogen-bond acceptors (Lipinski definition) is 5. The number of aromatic amines is 1. The number of aromatic nitrogens is 3. The fourth-order valence-electron chi connectivity index (χ4n) is 4.36. The Kier molecular flexibility index (Phi) is 4.22. The molecule has 31 heavy (non-hydrogen) atoms. The smallest absolute Gasteiger partial charge is 0.371 e. The standard InChI is InChI=1S/C20H15F3N6OS/c21-20(22,23)14-7-13(10-25-16(14)8-24)28-17(30)19(4-1-5-19)29(18(28)31)12-2-3-15-11(6-12)9-26-27-15/h2-3,6-7,9-10,17,30H,1,4-5H2,(H,26,27). The maximum Gasteiger partial charge on any atom is 0.419 e. The largest absolute Gasteiger partial charge is 0.419 e. The average Bonchev–Trinajstić information content (AvgIpc) is 3.26. The Labute approximate surface area is 179 Å². The highest BCUT2D eigenvalue weighted by molar-refractivity contribution is 7.80. The molecule has 1 saturated heterocycles. The number of thiocarbonyl (C=S) groups is 1. The van der Waals surface area contributed by atoms with Crippen LogP contribution in [0, 0.1) is 11.3 Å². The second-order valence-corrected chi connectivity index (χ2v) is 8.02. The van der Waals surface area contributed by atoms with E-state index in [0.29, 0.717) is 12.8 Å². The zero-order chi connectivity index (χ0) is 22.0. The van der Waals surface area contributed by atoms with Gasteiger partial charge in [0.1, 0.15) is 6.07 Å². The van der Waals surface area contributed by atoms with Gasteiger partial charge in [0.15, 0.2) is 17.0 Å². The lowest BCUT2D eigenvalue weighted by molar-refractivity contribution is -0.138. The number of aliphatic hydroxyl groups is 1. The zero-order valence-electron chi connectivity index (χ0n) is 15.9. The van der Waals surface area contributed by atoms with Crippen molar-refractivity contribution in [3.05, 3.63) is 47.9 Å². The molecule has 2 aromatic heterocycles. The second kappa shape index (κ2) is 6.63. The molecule has 158 valence electrons. The molecule has 2 fully saturated rings. The van der Waals surface area contributed by atoms with Crippen molar-refractivity contribution in [2.75, 3.05) is 9.80 Å². The summed E-state index contributed by atoms with van der Waals surface area (Å²) in [6.07, 6.45) is -1.01. The van der Waals surface area contributed by atoms with Crippen molar-refractivity contribution in [2.24, 2.45) is 0 Å². The van der Waals surface area contributed by atoms with Crippen LogP contribution in [0.1, 0.15) is 30.5 Å². The summed E-state index contributed by atoms with van der Waals surface area (Å²) in [5.74, 6) is 0. The van der Waals surface area contributed by atoms with E-state index in [9.17, 15) is 18.3 Å². The first-order valence-corrected chi connectivity index (χ1v) is 9.89. The number of rotatable bonds is 2. The molecular weight excluding hydrogens is 429 g/mol. The molecule has 1 atom stereocenters. The van der Waals surface area contributed by atoms with Gasteiger partial charge in [-0.1, -0.05) is 0 Å². The van der Waals surface area contributed by atoms with Gasteiger partial charge in [0.25, 0.3) is 0 Å². The number of pyridine rings is 1. The van der Waals surface area contributed by atoms with Crippen molar-refractivity contribution in [1.29, 1.82) is 5.26 Å². The van der Waals surface area contributed by atoms with Crippen LogP contribution in [0.2, 0.25) is 0 Å². The Bertz CT molecular complexity index is 1250. The molecule has 3 aromatic rings. The summed E-state index contributed by atoms with van der Waals surface area (Å²) in [5.41, 5.74) is -1.10. The van der Waals surface area contributed by atoms with Crippen molar-refractivity contribution in [2.45, 2.75) is 37.2 Å². The maximum atomic E-state index is 13.5. The first-order chi connectivity index (χ1) is 14.8. The number of nitriles is 1. The number of nitrogens with one attached hydrogen (secondary N) is 1. The molecule has 2 N–H and O–H groups in total. The summed E-state index contributed by atoms with van der Waals surface area (Å²) in [6.45, 7) is 0. The molecule has 11 heteroatoms. The van der Waals surface area contributed by atoms with Crippen LogP contribution in [0.25, 0.3) is 10.9 Å². The van der Waals surface area contributed by atoms with Crippen LogP contribution in [-0.4, -0.2) is 37.2 Å². The zero-order valence-corrected chi connectivity index (χ0v) is 16.7. The number of halogens is 3. The Morgan fingerprint density at radius 3 is 2.65 bits per heavy atom. The molecular formula is C20H15F3N6OS. The van der Waals surface area contributed by atoms with Crippen LogP contribution in [0.4, 0.5) is 24.5 Å². The van der Waals surface area contributed by atoms with Crippen LogP contribution < -0.4 is 9.80 Å². The molecule has 0 bridgehead atoms. The Morgan fingerprint density at radius 1 is 1.23 bits per heavy atom. The first kappa shape index (κ1) is 19.7. The first-order valence-electron chi connectivity index (χ1n) is 9.48. The normalized spacial score (nSPS) is 20.4. The van der Waals surface area contributed by atoms with Crippen LogP contribution in [0.5, 0.6) is 0 Å². The van der Waals surface area contributed by atoms with E-state index >= 15 is 0 Å². The number of hydrogen-bond donors (Lipinski definition) is 2. The maximum absolute atomic E-state index is 13.5. The number of benzene rings is 1. The number of anilines is 2. The molecule has 0 amide bonds. The second-order valence-electron chi connectivity index (χ2n) is 7.66. The molecule has 1 aliphatic carbocycles. The molecule has 5 rings (SSSR count). The van der Waals surface area contributed by atoms with Crippen molar-refractivity contribution < 1.29 is 18.3 Å². The van der Waals surface area contributed by atoms with E-state index in [1.54, 1.807) is 6.20 Å². The summed E-state index contributed by atoms with van der Waals surface area (Å²) >= 11 is 5.65. The van der Waals surface area contributed by atoms with Crippen molar-refractivity contribution >= 4 is 39.6 Å². The number of H-pyrrole nitrogens is 1. The van der Waals surface area contributed by atoms with E-state index in [1.807, 2.05) is 23.1 Å². The molecule has 3 heterocycles. The van der Waals surface area contributed by atoms with Crippen LogP contribution in [0.15, 0.2) is 36.7 Å². The molecule has 1 unspecified atom stereocenters. The van der Waals surface area contributed by atoms with Crippen molar-refractivity contribution in [1.82, 2.24) is 15.2 Å². The average molecular weight is 444 g/mol. The van der Waals surface area contributed by atoms with E-state index in [4.69, 9.17) is 17.5 Å². The van der Waals surface area contributed by atoms with Gasteiger partial charge in [-0.25, -0.2) is 4.98 Å². The van der Waals surface area contributed by atoms with E-state index in [2.05, 4.69) is 15.2 Å². The highest BCUT2D eigenvalue weighted by Crippen LogP contribution is 2.50. The quantitative estimate of drug-likeness (QED) is 0.583. The predicted molar refractivity (Wildman–Crippen MR) is 110 cm³/mol. The SMILES string of the molecule is N#Cc1ncc(N2C(=S)N(c3ccc4[nH]ncc4c3)C3(CCC3)C2O)cc1C(F)(F)F. The minimum atomic E-state index is -4.76. The minimum Gasteiger partial charge on any atom is -0.371 e. The number of alkyl halides is 3. The highest BCUT2D eigenvalue weighted by atomic mass is 32.1. The fraction of sp³-hybridized carbons (Fsp3) is 0.300. The van der Waals surface area contributed by atoms with E-state index in [-0.39, 0.29) is 10.8 Å². The van der Waals surface area contributed by atoms with Gasteiger partial charge in [-0.3, -0.25) is 10.00 Å². The topological polar surface area (TPSA) is 92.1 Å². The molecule has 0 radical (unpaired) electrons. The van der Waals surface area contributed by atoms with E-state index in [1.165, 1.54) is 11.0 Å². The van der Waals surface area contributed by atoms with Crippen molar-refractivity contribution in [3.63, 3.8) is 0 Å². The Balaban J connectivity index is 1.62. The summed E-state index contributed by atoms with van der Waals surface area (Å²) in [4.78, 5) is 6.78. The van der Waals surface area contributed by atoms with Gasteiger partial charge in [-0.05, 0) is 55.7 Å². The van der Waals surface area contributed by atoms with Gasteiger partial charge in [-0.15, -0.1) is 0 Å². The predicted octanol–water partition coefficient (Wildman–Crippen LogP) is 3.70. The molecule has 1 aliphatic heterocycles. The number of aliphatic hydroxyl groups excluding tert-OH is 1. The molecule has 1 saturated carbocycles. The van der Waals surface area contributed by atoms with Crippen LogP contribution in [-0.2, 0) is 6.18 Å². The van der Waals surface area contributed by atoms with E-state index < -0.39 is 29.2 Å². The molecule has 1 aromatic carbocycles. The van der Waals surface area contributed by atoms with Crippen molar-refractivity contribution in [3.8, 4) is 6.07 Å². The van der Waals surface area contributed by atoms with Gasteiger partial charge in [0, 0.05) is 11.1 Å². The lowest BCUT2D eigenvalue weighted by Gasteiger charge is -2.46.